The molecule has 2 aromatic rings. The number of amides is 1. The van der Waals surface area contributed by atoms with Gasteiger partial charge in [-0.1, -0.05) is 29.8 Å². The third-order valence-corrected chi connectivity index (χ3v) is 2.78. The van der Waals surface area contributed by atoms with E-state index in [0.717, 1.165) is 5.56 Å². The number of terminal acetylenes is 1. The first-order chi connectivity index (χ1) is 9.10. The van der Waals surface area contributed by atoms with Crippen LogP contribution < -0.4 is 5.32 Å². The van der Waals surface area contributed by atoms with Gasteiger partial charge in [0.1, 0.15) is 5.82 Å². The lowest BCUT2D eigenvalue weighted by Gasteiger charge is -2.06. The lowest BCUT2D eigenvalue weighted by atomic mass is 10.1. The molecule has 0 fully saturated rings. The molecule has 0 unspecified atom stereocenters. The highest BCUT2D eigenvalue weighted by Crippen LogP contribution is 2.25. The molecule has 0 radical (unpaired) electrons. The van der Waals surface area contributed by atoms with Gasteiger partial charge in [-0.2, -0.15) is 0 Å². The summed E-state index contributed by atoms with van der Waals surface area (Å²) >= 11 is 5.79. The quantitative estimate of drug-likeness (QED) is 0.830. The molecule has 19 heavy (non-hydrogen) atoms. The normalized spacial score (nSPS) is 9.74. The summed E-state index contributed by atoms with van der Waals surface area (Å²) in [6.45, 7) is 0. The second-order valence-corrected chi connectivity index (χ2v) is 4.24. The molecule has 0 saturated carbocycles. The fraction of sp³-hybridized carbons (Fsp3) is 0. The maximum atomic E-state index is 13.8. The second-order valence-electron chi connectivity index (χ2n) is 3.80. The average Bonchev–Trinajstić information content (AvgIpc) is 2.41. The number of benzene rings is 2. The van der Waals surface area contributed by atoms with Crippen LogP contribution in [-0.4, -0.2) is 5.91 Å². The number of nitrogens with one attached hydrogen (secondary N) is 1. The summed E-state index contributed by atoms with van der Waals surface area (Å²) in [6.07, 6.45) is 4.91. The first-order valence-electron chi connectivity index (χ1n) is 5.43. The molecule has 2 nitrogen and oxygen atoms in total. The number of hydrogen-bond donors (Lipinski definition) is 1. The number of carbonyl (C=O) groups is 1. The molecular weight excluding hydrogens is 265 g/mol. The van der Waals surface area contributed by atoms with Crippen molar-refractivity contribution in [2.24, 2.45) is 0 Å². The predicted molar refractivity (Wildman–Crippen MR) is 74.3 cm³/mol. The fourth-order valence-corrected chi connectivity index (χ4v) is 1.72. The zero-order chi connectivity index (χ0) is 13.8. The third kappa shape index (κ3) is 3.12. The summed E-state index contributed by atoms with van der Waals surface area (Å²) in [7, 11) is 0. The van der Waals surface area contributed by atoms with E-state index in [2.05, 4.69) is 5.32 Å². The van der Waals surface area contributed by atoms with Crippen LogP contribution in [0.1, 0.15) is 0 Å². The molecule has 0 aliphatic rings. The average molecular weight is 274 g/mol. The first kappa shape index (κ1) is 13.1. The van der Waals surface area contributed by atoms with Gasteiger partial charge in [0.2, 0.25) is 0 Å². The third-order valence-electron chi connectivity index (χ3n) is 2.53. The van der Waals surface area contributed by atoms with Gasteiger partial charge in [0.25, 0.3) is 5.91 Å². The van der Waals surface area contributed by atoms with E-state index in [-0.39, 0.29) is 5.69 Å². The van der Waals surface area contributed by atoms with Crippen LogP contribution in [0.25, 0.3) is 11.1 Å². The molecule has 0 heterocycles. The molecule has 4 heteroatoms. The number of rotatable bonds is 2. The molecule has 0 saturated heterocycles. The Labute approximate surface area is 115 Å². The highest BCUT2D eigenvalue weighted by Gasteiger charge is 2.07. The Morgan fingerprint density at radius 2 is 1.79 bits per heavy atom. The Morgan fingerprint density at radius 1 is 1.16 bits per heavy atom. The van der Waals surface area contributed by atoms with Crippen molar-refractivity contribution in [3.63, 3.8) is 0 Å². The van der Waals surface area contributed by atoms with Crippen molar-refractivity contribution in [3.8, 4) is 23.5 Å². The minimum Gasteiger partial charge on any atom is -0.313 e. The van der Waals surface area contributed by atoms with Crippen LogP contribution in [0, 0.1) is 18.2 Å². The molecule has 2 rings (SSSR count). The van der Waals surface area contributed by atoms with Crippen LogP contribution in [0.3, 0.4) is 0 Å². The summed E-state index contributed by atoms with van der Waals surface area (Å²) in [5.74, 6) is 0.634. The van der Waals surface area contributed by atoms with Gasteiger partial charge >= 0.3 is 0 Å². The smallest absolute Gasteiger partial charge is 0.300 e. The van der Waals surface area contributed by atoms with Crippen molar-refractivity contribution in [2.45, 2.75) is 0 Å². The Balaban J connectivity index is 2.31. The molecule has 94 valence electrons. The van der Waals surface area contributed by atoms with Gasteiger partial charge in [-0.15, -0.1) is 6.42 Å². The van der Waals surface area contributed by atoms with Crippen LogP contribution in [0.2, 0.25) is 5.02 Å². The van der Waals surface area contributed by atoms with Crippen LogP contribution in [0.4, 0.5) is 10.1 Å². The van der Waals surface area contributed by atoms with Gasteiger partial charge in [0.15, 0.2) is 0 Å². The van der Waals surface area contributed by atoms with Crippen molar-refractivity contribution in [2.75, 3.05) is 5.32 Å². The van der Waals surface area contributed by atoms with E-state index in [4.69, 9.17) is 18.0 Å². The maximum absolute atomic E-state index is 13.8. The fourth-order valence-electron chi connectivity index (χ4n) is 1.60. The van der Waals surface area contributed by atoms with Crippen molar-refractivity contribution < 1.29 is 9.18 Å². The topological polar surface area (TPSA) is 29.1 Å². The van der Waals surface area contributed by atoms with E-state index >= 15 is 0 Å². The molecule has 0 spiro atoms. The van der Waals surface area contributed by atoms with E-state index in [1.165, 1.54) is 12.1 Å². The predicted octanol–water partition coefficient (Wildman–Crippen LogP) is 3.72. The minimum atomic E-state index is -0.682. The lowest BCUT2D eigenvalue weighted by molar-refractivity contribution is -0.111. The number of hydrogen-bond acceptors (Lipinski definition) is 1. The van der Waals surface area contributed by atoms with Crippen LogP contribution in [0.15, 0.2) is 42.5 Å². The number of carbonyl (C=O) groups excluding carboxylic acids is 1. The van der Waals surface area contributed by atoms with E-state index in [0.29, 0.717) is 10.6 Å². The Morgan fingerprint density at radius 3 is 2.37 bits per heavy atom. The van der Waals surface area contributed by atoms with Crippen LogP contribution in [0.5, 0.6) is 0 Å². The van der Waals surface area contributed by atoms with E-state index < -0.39 is 11.7 Å². The van der Waals surface area contributed by atoms with Gasteiger partial charge in [-0.05, 0) is 41.3 Å². The maximum Gasteiger partial charge on any atom is 0.300 e. The summed E-state index contributed by atoms with van der Waals surface area (Å²) < 4.78 is 13.8. The van der Waals surface area contributed by atoms with Crippen molar-refractivity contribution in [1.82, 2.24) is 0 Å². The molecular formula is C15H9ClFNO. The van der Waals surface area contributed by atoms with Crippen LogP contribution >= 0.6 is 11.6 Å². The number of anilines is 1. The van der Waals surface area contributed by atoms with Crippen molar-refractivity contribution in [1.29, 1.82) is 0 Å². The van der Waals surface area contributed by atoms with Crippen molar-refractivity contribution in [3.05, 3.63) is 53.3 Å². The summed E-state index contributed by atoms with van der Waals surface area (Å²) in [5, 5.41) is 2.89. The highest BCUT2D eigenvalue weighted by atomic mass is 35.5. The molecule has 0 bridgehead atoms. The lowest BCUT2D eigenvalue weighted by Crippen LogP contribution is -2.09. The van der Waals surface area contributed by atoms with Gasteiger partial charge in [0.05, 0.1) is 5.69 Å². The zero-order valence-electron chi connectivity index (χ0n) is 9.78. The SMILES string of the molecule is C#CC(=O)Nc1ccc(-c2ccc(Cl)cc2)cc1F. The van der Waals surface area contributed by atoms with Gasteiger partial charge in [-0.25, -0.2) is 4.39 Å². The Kier molecular flexibility index (Phi) is 3.84. The van der Waals surface area contributed by atoms with E-state index in [9.17, 15) is 9.18 Å². The monoisotopic (exact) mass is 273 g/mol. The minimum absolute atomic E-state index is 0.0562. The molecule has 1 amide bonds. The Bertz CT molecular complexity index is 659. The van der Waals surface area contributed by atoms with E-state index in [1.807, 2.05) is 5.92 Å². The van der Waals surface area contributed by atoms with Crippen molar-refractivity contribution >= 4 is 23.2 Å². The Hall–Kier alpha value is -2.31. The molecule has 0 aromatic heterocycles. The highest BCUT2D eigenvalue weighted by molar-refractivity contribution is 6.30. The molecule has 0 atom stereocenters. The zero-order valence-corrected chi connectivity index (χ0v) is 10.5. The van der Waals surface area contributed by atoms with E-state index in [1.54, 1.807) is 30.3 Å². The van der Waals surface area contributed by atoms with Gasteiger partial charge in [-0.3, -0.25) is 4.79 Å². The van der Waals surface area contributed by atoms with Gasteiger partial charge in [0, 0.05) is 5.02 Å². The summed E-state index contributed by atoms with van der Waals surface area (Å²) in [5.41, 5.74) is 1.58. The van der Waals surface area contributed by atoms with Gasteiger partial charge < -0.3 is 5.32 Å². The number of halogens is 2. The molecule has 0 aliphatic heterocycles. The molecule has 2 aromatic carbocycles. The standard InChI is InChI=1S/C15H9ClFNO/c1-2-15(19)18-14-8-5-11(9-13(14)17)10-3-6-12(16)7-4-10/h1,3-9H,(H,18,19). The summed E-state index contributed by atoms with van der Waals surface area (Å²) in [6, 6.07) is 11.5. The van der Waals surface area contributed by atoms with Crippen LogP contribution in [-0.2, 0) is 4.79 Å². The first-order valence-corrected chi connectivity index (χ1v) is 5.81. The largest absolute Gasteiger partial charge is 0.313 e. The summed E-state index contributed by atoms with van der Waals surface area (Å²) in [4.78, 5) is 11.0. The molecule has 0 aliphatic carbocycles. The molecule has 1 N–H and O–H groups in total. The second kappa shape index (κ2) is 5.55.